The van der Waals surface area contributed by atoms with Crippen molar-refractivity contribution in [2.24, 2.45) is 10.9 Å². The highest BCUT2D eigenvalue weighted by Crippen LogP contribution is 2.19. The summed E-state index contributed by atoms with van der Waals surface area (Å²) < 4.78 is 0. The Morgan fingerprint density at radius 1 is 1.44 bits per heavy atom. The molecule has 94 valence electrons. The molecule has 4 heteroatoms. The standard InChI is InChI=1S/C14H17N3S/c1-10(2)13-9-18-14(17-13)16-8-12-5-3-11(7-15)4-6-12/h3-6,10,13H,8-9H2,1-2H3,(H,16,17)/t13-/m1/s1. The van der Waals surface area contributed by atoms with E-state index in [2.05, 4.69) is 30.2 Å². The first-order chi connectivity index (χ1) is 8.69. The summed E-state index contributed by atoms with van der Waals surface area (Å²) in [6.45, 7) is 5.12. The fourth-order valence-corrected chi connectivity index (χ4v) is 2.91. The maximum absolute atomic E-state index is 8.72. The molecule has 1 saturated heterocycles. The molecule has 1 aromatic rings. The van der Waals surface area contributed by atoms with Gasteiger partial charge in [0.2, 0.25) is 0 Å². The highest BCUT2D eigenvalue weighted by Gasteiger charge is 2.22. The summed E-state index contributed by atoms with van der Waals surface area (Å²) in [7, 11) is 0. The Kier molecular flexibility index (Phi) is 4.27. The van der Waals surface area contributed by atoms with Gasteiger partial charge in [0.05, 0.1) is 18.2 Å². The van der Waals surface area contributed by atoms with Gasteiger partial charge in [-0.15, -0.1) is 0 Å². The van der Waals surface area contributed by atoms with Crippen molar-refractivity contribution in [2.45, 2.75) is 26.4 Å². The molecule has 1 heterocycles. The predicted molar refractivity (Wildman–Crippen MR) is 76.5 cm³/mol. The van der Waals surface area contributed by atoms with Gasteiger partial charge < -0.3 is 5.32 Å². The molecule has 2 rings (SSSR count). The van der Waals surface area contributed by atoms with E-state index >= 15 is 0 Å². The predicted octanol–water partition coefficient (Wildman–Crippen LogP) is 2.78. The summed E-state index contributed by atoms with van der Waals surface area (Å²) in [6.07, 6.45) is 0. The Bertz CT molecular complexity index is 471. The third-order valence-electron chi connectivity index (χ3n) is 3.00. The van der Waals surface area contributed by atoms with Gasteiger partial charge in [-0.1, -0.05) is 37.7 Å². The lowest BCUT2D eigenvalue weighted by atomic mass is 10.1. The van der Waals surface area contributed by atoms with Gasteiger partial charge in [-0.3, -0.25) is 4.99 Å². The van der Waals surface area contributed by atoms with E-state index in [0.29, 0.717) is 24.1 Å². The van der Waals surface area contributed by atoms with Crippen molar-refractivity contribution in [2.75, 3.05) is 5.75 Å². The van der Waals surface area contributed by atoms with Gasteiger partial charge >= 0.3 is 0 Å². The van der Waals surface area contributed by atoms with Crippen LogP contribution >= 0.6 is 11.8 Å². The second-order valence-corrected chi connectivity index (χ2v) is 5.74. The maximum Gasteiger partial charge on any atom is 0.157 e. The highest BCUT2D eigenvalue weighted by atomic mass is 32.2. The monoisotopic (exact) mass is 259 g/mol. The average Bonchev–Trinajstić information content (AvgIpc) is 2.86. The number of hydrogen-bond acceptors (Lipinski definition) is 3. The van der Waals surface area contributed by atoms with Crippen LogP contribution < -0.4 is 5.32 Å². The molecule has 1 N–H and O–H groups in total. The van der Waals surface area contributed by atoms with Gasteiger partial charge in [-0.25, -0.2) is 0 Å². The summed E-state index contributed by atoms with van der Waals surface area (Å²) in [5.41, 5.74) is 1.83. The zero-order valence-corrected chi connectivity index (χ0v) is 11.5. The first-order valence-corrected chi connectivity index (χ1v) is 7.10. The quantitative estimate of drug-likeness (QED) is 0.908. The van der Waals surface area contributed by atoms with Crippen molar-refractivity contribution in [3.63, 3.8) is 0 Å². The third-order valence-corrected chi connectivity index (χ3v) is 4.05. The van der Waals surface area contributed by atoms with Crippen LogP contribution in [0.4, 0.5) is 0 Å². The maximum atomic E-state index is 8.72. The molecule has 0 amide bonds. The number of rotatable bonds is 3. The average molecular weight is 259 g/mol. The number of nitrogens with one attached hydrogen (secondary N) is 1. The van der Waals surface area contributed by atoms with Crippen molar-refractivity contribution in [1.82, 2.24) is 5.32 Å². The normalized spacial score (nSPS) is 21.0. The minimum Gasteiger partial charge on any atom is -0.361 e. The van der Waals surface area contributed by atoms with Crippen LogP contribution in [0.5, 0.6) is 0 Å². The third kappa shape index (κ3) is 3.27. The van der Waals surface area contributed by atoms with Gasteiger partial charge in [-0.2, -0.15) is 5.26 Å². The molecule has 3 nitrogen and oxygen atoms in total. The second kappa shape index (κ2) is 5.92. The van der Waals surface area contributed by atoms with Crippen LogP contribution in [-0.2, 0) is 6.54 Å². The molecular weight excluding hydrogens is 242 g/mol. The summed E-state index contributed by atoms with van der Waals surface area (Å²) in [6, 6.07) is 10.2. The molecule has 1 atom stereocenters. The van der Waals surface area contributed by atoms with Gasteiger partial charge in [-0.05, 0) is 23.6 Å². The lowest BCUT2D eigenvalue weighted by Crippen LogP contribution is -2.31. The van der Waals surface area contributed by atoms with Gasteiger partial charge in [0.1, 0.15) is 0 Å². The van der Waals surface area contributed by atoms with E-state index in [4.69, 9.17) is 5.26 Å². The Morgan fingerprint density at radius 2 is 2.17 bits per heavy atom. The topological polar surface area (TPSA) is 48.2 Å². The van der Waals surface area contributed by atoms with Crippen LogP contribution in [0, 0.1) is 17.2 Å². The lowest BCUT2D eigenvalue weighted by molar-refractivity contribution is 0.503. The van der Waals surface area contributed by atoms with Crippen LogP contribution in [0.1, 0.15) is 25.0 Å². The van der Waals surface area contributed by atoms with Crippen LogP contribution in [-0.4, -0.2) is 17.0 Å². The number of nitriles is 1. The zero-order valence-electron chi connectivity index (χ0n) is 10.7. The Balaban J connectivity index is 1.93. The van der Waals surface area contributed by atoms with Crippen molar-refractivity contribution in [3.8, 4) is 6.07 Å². The minimum atomic E-state index is 0.537. The Labute approximate surface area is 112 Å². The van der Waals surface area contributed by atoms with Crippen LogP contribution in [0.25, 0.3) is 0 Å². The van der Waals surface area contributed by atoms with E-state index in [1.807, 2.05) is 24.3 Å². The summed E-state index contributed by atoms with van der Waals surface area (Å²) in [4.78, 5) is 4.57. The molecule has 1 aliphatic rings. The lowest BCUT2D eigenvalue weighted by Gasteiger charge is -2.13. The SMILES string of the molecule is CC(C)[C@H]1CSC(=NCc2ccc(C#N)cc2)N1. The number of benzene rings is 1. The van der Waals surface area contributed by atoms with E-state index in [0.717, 1.165) is 16.5 Å². The summed E-state index contributed by atoms with van der Waals surface area (Å²) in [5.74, 6) is 1.74. The van der Waals surface area contributed by atoms with E-state index in [9.17, 15) is 0 Å². The Hall–Kier alpha value is -1.47. The molecule has 0 saturated carbocycles. The van der Waals surface area contributed by atoms with Crippen molar-refractivity contribution in [1.29, 1.82) is 5.26 Å². The largest absolute Gasteiger partial charge is 0.361 e. The summed E-state index contributed by atoms with van der Waals surface area (Å²) >= 11 is 1.79. The van der Waals surface area contributed by atoms with Crippen LogP contribution in [0.2, 0.25) is 0 Å². The van der Waals surface area contributed by atoms with Gasteiger partial charge in [0.25, 0.3) is 0 Å². The van der Waals surface area contributed by atoms with E-state index in [1.165, 1.54) is 0 Å². The zero-order chi connectivity index (χ0) is 13.0. The molecule has 0 aromatic heterocycles. The number of aliphatic imine (C=N–C) groups is 1. The summed E-state index contributed by atoms with van der Waals surface area (Å²) in [5, 5.41) is 13.2. The molecule has 1 aromatic carbocycles. The number of amidine groups is 1. The molecule has 0 aliphatic carbocycles. The molecular formula is C14H17N3S. The molecule has 1 fully saturated rings. The van der Waals surface area contributed by atoms with Gasteiger partial charge in [0, 0.05) is 11.8 Å². The number of thioether (sulfide) groups is 1. The van der Waals surface area contributed by atoms with E-state index < -0.39 is 0 Å². The first-order valence-electron chi connectivity index (χ1n) is 6.12. The molecule has 0 spiro atoms. The smallest absolute Gasteiger partial charge is 0.157 e. The number of hydrogen-bond donors (Lipinski definition) is 1. The fraction of sp³-hybridized carbons (Fsp3) is 0.429. The van der Waals surface area contributed by atoms with Crippen molar-refractivity contribution < 1.29 is 0 Å². The minimum absolute atomic E-state index is 0.537. The highest BCUT2D eigenvalue weighted by molar-refractivity contribution is 8.14. The first kappa shape index (κ1) is 13.0. The van der Waals surface area contributed by atoms with E-state index in [-0.39, 0.29) is 0 Å². The van der Waals surface area contributed by atoms with Crippen molar-refractivity contribution >= 4 is 16.9 Å². The van der Waals surface area contributed by atoms with Gasteiger partial charge in [0.15, 0.2) is 5.17 Å². The molecule has 1 aliphatic heterocycles. The molecule has 0 unspecified atom stereocenters. The fourth-order valence-electron chi connectivity index (χ4n) is 1.71. The second-order valence-electron chi connectivity index (χ2n) is 4.74. The molecule has 0 radical (unpaired) electrons. The van der Waals surface area contributed by atoms with Crippen LogP contribution in [0.3, 0.4) is 0 Å². The molecule has 18 heavy (non-hydrogen) atoms. The van der Waals surface area contributed by atoms with Crippen LogP contribution in [0.15, 0.2) is 29.3 Å². The number of nitrogens with zero attached hydrogens (tertiary/aromatic N) is 2. The van der Waals surface area contributed by atoms with Crippen molar-refractivity contribution in [3.05, 3.63) is 35.4 Å². The Morgan fingerprint density at radius 3 is 2.72 bits per heavy atom. The molecule has 0 bridgehead atoms. The van der Waals surface area contributed by atoms with E-state index in [1.54, 1.807) is 11.8 Å².